The van der Waals surface area contributed by atoms with Gasteiger partial charge in [-0.25, -0.2) is 18.1 Å². The lowest BCUT2D eigenvalue weighted by molar-refractivity contribution is -0.0871. The van der Waals surface area contributed by atoms with Gasteiger partial charge in [0.15, 0.2) is 0 Å². The number of aromatic nitrogens is 2. The van der Waals surface area contributed by atoms with Gasteiger partial charge in [0.1, 0.15) is 5.69 Å². The zero-order valence-electron chi connectivity index (χ0n) is 16.1. The van der Waals surface area contributed by atoms with Crippen LogP contribution in [0.5, 0.6) is 0 Å². The van der Waals surface area contributed by atoms with Gasteiger partial charge in [-0.1, -0.05) is 17.7 Å². The van der Waals surface area contributed by atoms with Crippen LogP contribution in [0.1, 0.15) is 29.8 Å². The maximum Gasteiger partial charge on any atom is 0.271 e. The van der Waals surface area contributed by atoms with E-state index in [1.165, 1.54) is 30.7 Å². The standard InChI is InChI=1S/C19H23ClN4O5S/c20-13-2-1-3-15(10-13)30(27,28)24-16-5-4-14(29-18(16)12-25)6-7-23-19(26)17-11-21-8-9-22-17/h1-3,8-11,14,16,18,24-25H,4-7,12H2,(H,23,26)/t14-,16-,18+/m0/s1. The van der Waals surface area contributed by atoms with Crippen molar-refractivity contribution in [3.8, 4) is 0 Å². The van der Waals surface area contributed by atoms with Crippen LogP contribution in [0.3, 0.4) is 0 Å². The molecule has 1 aromatic heterocycles. The Bertz CT molecular complexity index is 960. The van der Waals surface area contributed by atoms with Crippen molar-refractivity contribution in [1.29, 1.82) is 0 Å². The lowest BCUT2D eigenvalue weighted by Crippen LogP contribution is -2.51. The first-order valence-electron chi connectivity index (χ1n) is 9.47. The van der Waals surface area contributed by atoms with E-state index in [1.54, 1.807) is 12.1 Å². The fraction of sp³-hybridized carbons (Fsp3) is 0.421. The van der Waals surface area contributed by atoms with Crippen molar-refractivity contribution in [2.24, 2.45) is 0 Å². The molecule has 0 unspecified atom stereocenters. The molecular weight excluding hydrogens is 432 g/mol. The number of rotatable bonds is 8. The number of halogens is 1. The molecule has 3 atom stereocenters. The zero-order valence-corrected chi connectivity index (χ0v) is 17.6. The van der Waals surface area contributed by atoms with Gasteiger partial charge >= 0.3 is 0 Å². The van der Waals surface area contributed by atoms with Gasteiger partial charge < -0.3 is 15.2 Å². The van der Waals surface area contributed by atoms with Gasteiger partial charge in [0.2, 0.25) is 10.0 Å². The van der Waals surface area contributed by atoms with Crippen LogP contribution in [0.25, 0.3) is 0 Å². The Kier molecular flexibility index (Phi) is 7.73. The molecule has 2 aromatic rings. The molecule has 2 heterocycles. The van der Waals surface area contributed by atoms with Crippen LogP contribution in [-0.2, 0) is 14.8 Å². The Hall–Kier alpha value is -2.11. The predicted octanol–water partition coefficient (Wildman–Crippen LogP) is 1.14. The number of ether oxygens (including phenoxy) is 1. The van der Waals surface area contributed by atoms with E-state index >= 15 is 0 Å². The summed E-state index contributed by atoms with van der Waals surface area (Å²) < 4.78 is 33.7. The van der Waals surface area contributed by atoms with E-state index < -0.39 is 22.2 Å². The Balaban J connectivity index is 1.51. The Labute approximate surface area is 179 Å². The molecular formula is C19H23ClN4O5S. The molecule has 1 aliphatic heterocycles. The molecule has 0 saturated carbocycles. The Morgan fingerprint density at radius 2 is 2.13 bits per heavy atom. The number of benzene rings is 1. The fourth-order valence-corrected chi connectivity index (χ4v) is 4.83. The van der Waals surface area contributed by atoms with Gasteiger partial charge in [-0.15, -0.1) is 0 Å². The third kappa shape index (κ3) is 5.96. The third-order valence-electron chi connectivity index (χ3n) is 4.76. The van der Waals surface area contributed by atoms with Crippen LogP contribution in [0.2, 0.25) is 5.02 Å². The molecule has 1 saturated heterocycles. The molecule has 1 aromatic carbocycles. The van der Waals surface area contributed by atoms with Crippen molar-refractivity contribution in [2.75, 3.05) is 13.2 Å². The van der Waals surface area contributed by atoms with Crippen molar-refractivity contribution in [2.45, 2.75) is 42.4 Å². The first kappa shape index (κ1) is 22.6. The van der Waals surface area contributed by atoms with Crippen molar-refractivity contribution in [1.82, 2.24) is 20.0 Å². The highest BCUT2D eigenvalue weighted by atomic mass is 35.5. The predicted molar refractivity (Wildman–Crippen MR) is 110 cm³/mol. The van der Waals surface area contributed by atoms with Crippen LogP contribution in [0, 0.1) is 0 Å². The number of carbonyl (C=O) groups excluding carboxylic acids is 1. The molecule has 30 heavy (non-hydrogen) atoms. The summed E-state index contributed by atoms with van der Waals surface area (Å²) in [4.78, 5) is 19.8. The van der Waals surface area contributed by atoms with Crippen LogP contribution < -0.4 is 10.0 Å². The number of hydrogen-bond acceptors (Lipinski definition) is 7. The number of hydrogen-bond donors (Lipinski definition) is 3. The van der Waals surface area contributed by atoms with Gasteiger partial charge in [-0.2, -0.15) is 0 Å². The first-order valence-corrected chi connectivity index (χ1v) is 11.3. The largest absolute Gasteiger partial charge is 0.394 e. The third-order valence-corrected chi connectivity index (χ3v) is 6.48. The van der Waals surface area contributed by atoms with Gasteiger partial charge in [-0.05, 0) is 37.5 Å². The molecule has 0 spiro atoms. The van der Waals surface area contributed by atoms with Crippen molar-refractivity contribution < 1.29 is 23.1 Å². The highest BCUT2D eigenvalue weighted by Gasteiger charge is 2.33. The summed E-state index contributed by atoms with van der Waals surface area (Å²) in [6.07, 6.45) is 5.01. The van der Waals surface area contributed by atoms with E-state index in [9.17, 15) is 18.3 Å². The van der Waals surface area contributed by atoms with Crippen LogP contribution >= 0.6 is 11.6 Å². The van der Waals surface area contributed by atoms with Crippen molar-refractivity contribution >= 4 is 27.5 Å². The minimum atomic E-state index is -3.80. The lowest BCUT2D eigenvalue weighted by atomic mass is 9.98. The number of carbonyl (C=O) groups is 1. The minimum Gasteiger partial charge on any atom is -0.394 e. The number of nitrogens with one attached hydrogen (secondary N) is 2. The number of nitrogens with zero attached hydrogens (tertiary/aromatic N) is 2. The quantitative estimate of drug-likeness (QED) is 0.545. The van der Waals surface area contributed by atoms with Crippen molar-refractivity contribution in [3.63, 3.8) is 0 Å². The van der Waals surface area contributed by atoms with Crippen LogP contribution in [-0.4, -0.2) is 60.8 Å². The van der Waals surface area contributed by atoms with Crippen LogP contribution in [0.4, 0.5) is 0 Å². The molecule has 3 N–H and O–H groups in total. The highest BCUT2D eigenvalue weighted by molar-refractivity contribution is 7.89. The SMILES string of the molecule is O=C(NCC[C@@H]1CC[C@H](NS(=O)(=O)c2cccc(Cl)c2)[C@@H](CO)O1)c1cnccn1. The van der Waals surface area contributed by atoms with Gasteiger partial charge in [-0.3, -0.25) is 9.78 Å². The Morgan fingerprint density at radius 1 is 1.30 bits per heavy atom. The van der Waals surface area contributed by atoms with E-state index in [4.69, 9.17) is 16.3 Å². The minimum absolute atomic E-state index is 0.0561. The summed E-state index contributed by atoms with van der Waals surface area (Å²) >= 11 is 5.88. The van der Waals surface area contributed by atoms with Gasteiger partial charge in [0.05, 0.1) is 35.9 Å². The summed E-state index contributed by atoms with van der Waals surface area (Å²) in [7, 11) is -3.80. The normalized spacial score (nSPS) is 21.9. The monoisotopic (exact) mass is 454 g/mol. The number of aliphatic hydroxyl groups is 1. The molecule has 11 heteroatoms. The molecule has 0 radical (unpaired) electrons. The maximum absolute atomic E-state index is 12.6. The van der Waals surface area contributed by atoms with E-state index in [2.05, 4.69) is 20.0 Å². The number of aliphatic hydroxyl groups excluding tert-OH is 1. The lowest BCUT2D eigenvalue weighted by Gasteiger charge is -2.36. The number of sulfonamides is 1. The summed E-state index contributed by atoms with van der Waals surface area (Å²) in [5, 5.41) is 12.8. The second kappa shape index (κ2) is 10.3. The van der Waals surface area contributed by atoms with Gasteiger partial charge in [0.25, 0.3) is 5.91 Å². The average Bonchev–Trinajstić information content (AvgIpc) is 2.75. The first-order chi connectivity index (χ1) is 14.4. The van der Waals surface area contributed by atoms with Gasteiger partial charge in [0, 0.05) is 24.0 Å². The van der Waals surface area contributed by atoms with E-state index in [-0.39, 0.29) is 29.2 Å². The second-order valence-corrected chi connectivity index (χ2v) is 9.03. The van der Waals surface area contributed by atoms with Crippen LogP contribution in [0.15, 0.2) is 47.8 Å². The zero-order chi connectivity index (χ0) is 21.6. The summed E-state index contributed by atoms with van der Waals surface area (Å²) in [6, 6.07) is 5.40. The van der Waals surface area contributed by atoms with E-state index in [0.717, 1.165) is 0 Å². The maximum atomic E-state index is 12.6. The summed E-state index contributed by atoms with van der Waals surface area (Å²) in [5.41, 5.74) is 0.228. The van der Waals surface area contributed by atoms with Crippen molar-refractivity contribution in [3.05, 3.63) is 53.6 Å². The molecule has 1 amide bonds. The number of amides is 1. The fourth-order valence-electron chi connectivity index (χ4n) is 3.23. The molecule has 1 aliphatic rings. The average molecular weight is 455 g/mol. The summed E-state index contributed by atoms with van der Waals surface area (Å²) in [5.74, 6) is -0.329. The molecule has 0 aliphatic carbocycles. The highest BCUT2D eigenvalue weighted by Crippen LogP contribution is 2.24. The molecule has 0 bridgehead atoms. The molecule has 1 fully saturated rings. The second-order valence-electron chi connectivity index (χ2n) is 6.88. The Morgan fingerprint density at radius 3 is 2.83 bits per heavy atom. The molecule has 3 rings (SSSR count). The topological polar surface area (TPSA) is 131 Å². The summed E-state index contributed by atoms with van der Waals surface area (Å²) in [6.45, 7) is 0.0301. The smallest absolute Gasteiger partial charge is 0.271 e. The van der Waals surface area contributed by atoms with E-state index in [1.807, 2.05) is 0 Å². The van der Waals surface area contributed by atoms with E-state index in [0.29, 0.717) is 30.8 Å². The molecule has 9 nitrogen and oxygen atoms in total. The molecule has 162 valence electrons.